The summed E-state index contributed by atoms with van der Waals surface area (Å²) in [5.41, 5.74) is 0.387. The first-order valence-corrected chi connectivity index (χ1v) is 10.9. The molecule has 0 radical (unpaired) electrons. The molecule has 1 aliphatic heterocycles. The summed E-state index contributed by atoms with van der Waals surface area (Å²) in [6.07, 6.45) is -0.910. The van der Waals surface area contributed by atoms with Crippen molar-refractivity contribution in [2.45, 2.75) is 19.6 Å². The Kier molecular flexibility index (Phi) is 8.92. The Bertz CT molecular complexity index is 1140. The number of benzene rings is 2. The summed E-state index contributed by atoms with van der Waals surface area (Å²) in [4.78, 5) is 24.7. The number of fused-ring (bicyclic) bond motifs is 1. The van der Waals surface area contributed by atoms with E-state index in [0.29, 0.717) is 22.9 Å². The van der Waals surface area contributed by atoms with Gasteiger partial charge in [0.05, 0.1) is 48.6 Å². The minimum atomic E-state index is -0.834. The highest BCUT2D eigenvalue weighted by molar-refractivity contribution is 6.01. The van der Waals surface area contributed by atoms with Crippen LogP contribution in [0.3, 0.4) is 0 Å². The van der Waals surface area contributed by atoms with Crippen molar-refractivity contribution in [2.24, 2.45) is 0 Å². The van der Waals surface area contributed by atoms with Crippen molar-refractivity contribution in [3.63, 3.8) is 0 Å². The summed E-state index contributed by atoms with van der Waals surface area (Å²) in [6.45, 7) is 1.65. The number of nitro groups is 1. The zero-order valence-corrected chi connectivity index (χ0v) is 20.6. The number of nitro benzene ring substituents is 1. The van der Waals surface area contributed by atoms with Crippen molar-refractivity contribution in [1.82, 2.24) is 0 Å². The summed E-state index contributed by atoms with van der Waals surface area (Å²) in [6, 6.07) is 7.65. The Morgan fingerprint density at radius 1 is 1.06 bits per heavy atom. The van der Waals surface area contributed by atoms with Crippen LogP contribution in [0.4, 0.5) is 11.4 Å². The Hall–Kier alpha value is -4.03. The lowest BCUT2D eigenvalue weighted by Crippen LogP contribution is -2.21. The van der Waals surface area contributed by atoms with Crippen molar-refractivity contribution >= 4 is 23.0 Å². The molecule has 0 spiro atoms. The first-order chi connectivity index (χ1) is 17.4. The van der Waals surface area contributed by atoms with Gasteiger partial charge in [0, 0.05) is 38.5 Å². The summed E-state index contributed by atoms with van der Waals surface area (Å²) >= 11 is 0. The fourth-order valence-electron chi connectivity index (χ4n) is 3.58. The number of rotatable bonds is 12. The molecular weight excluding hydrogens is 476 g/mol. The molecule has 1 heterocycles. The number of nitrogens with one attached hydrogen (secondary N) is 1. The third-order valence-electron chi connectivity index (χ3n) is 5.33. The molecule has 0 unspecified atom stereocenters. The molecule has 36 heavy (non-hydrogen) atoms. The SMILES string of the molecule is CCOC(=O)/C(CC(OC)OC)=C(\Nc1ccc(OC)c(OC)c1)c1cc2c(cc1[N+](=O)[O-])OCO2. The molecule has 0 atom stereocenters. The number of carbonyl (C=O) groups is 1. The van der Waals surface area contributed by atoms with Crippen LogP contribution in [0.5, 0.6) is 23.0 Å². The van der Waals surface area contributed by atoms with Crippen molar-refractivity contribution in [3.8, 4) is 23.0 Å². The maximum absolute atomic E-state index is 13.2. The number of esters is 1. The minimum absolute atomic E-state index is 0.0577. The lowest BCUT2D eigenvalue weighted by atomic mass is 10.0. The average molecular weight is 504 g/mol. The van der Waals surface area contributed by atoms with E-state index in [1.54, 1.807) is 25.1 Å². The van der Waals surface area contributed by atoms with E-state index < -0.39 is 17.2 Å². The number of anilines is 1. The van der Waals surface area contributed by atoms with Crippen LogP contribution in [0, 0.1) is 10.1 Å². The second-order valence-electron chi connectivity index (χ2n) is 7.35. The van der Waals surface area contributed by atoms with E-state index in [-0.39, 0.29) is 48.1 Å². The highest BCUT2D eigenvalue weighted by Crippen LogP contribution is 2.42. The maximum atomic E-state index is 13.2. The molecule has 0 saturated carbocycles. The first-order valence-electron chi connectivity index (χ1n) is 10.9. The van der Waals surface area contributed by atoms with Crippen LogP contribution in [-0.4, -0.2) is 59.0 Å². The number of hydrogen-bond donors (Lipinski definition) is 1. The smallest absolute Gasteiger partial charge is 0.336 e. The van der Waals surface area contributed by atoms with Gasteiger partial charge in [-0.15, -0.1) is 0 Å². The quantitative estimate of drug-likeness (QED) is 0.149. The molecule has 0 fully saturated rings. The van der Waals surface area contributed by atoms with Crippen LogP contribution >= 0.6 is 0 Å². The fraction of sp³-hybridized carbons (Fsp3) is 0.375. The average Bonchev–Trinajstić information content (AvgIpc) is 3.35. The summed E-state index contributed by atoms with van der Waals surface area (Å²) < 4.78 is 37.3. The van der Waals surface area contributed by atoms with Crippen molar-refractivity contribution in [3.05, 3.63) is 51.6 Å². The molecule has 0 aromatic heterocycles. The Labute approximate surface area is 207 Å². The van der Waals surface area contributed by atoms with Crippen LogP contribution in [0.2, 0.25) is 0 Å². The predicted octanol–water partition coefficient (Wildman–Crippen LogP) is 3.74. The number of ether oxygens (including phenoxy) is 7. The molecule has 3 rings (SSSR count). The third kappa shape index (κ3) is 5.78. The largest absolute Gasteiger partial charge is 0.493 e. The van der Waals surface area contributed by atoms with E-state index >= 15 is 0 Å². The van der Waals surface area contributed by atoms with E-state index in [2.05, 4.69) is 5.32 Å². The fourth-order valence-corrected chi connectivity index (χ4v) is 3.58. The minimum Gasteiger partial charge on any atom is -0.493 e. The van der Waals surface area contributed by atoms with Gasteiger partial charge in [-0.2, -0.15) is 0 Å². The third-order valence-corrected chi connectivity index (χ3v) is 5.33. The molecule has 194 valence electrons. The Balaban J connectivity index is 2.28. The van der Waals surface area contributed by atoms with Gasteiger partial charge in [0.15, 0.2) is 29.3 Å². The molecule has 12 heteroatoms. The van der Waals surface area contributed by atoms with Gasteiger partial charge < -0.3 is 38.5 Å². The van der Waals surface area contributed by atoms with E-state index in [1.165, 1.54) is 40.6 Å². The van der Waals surface area contributed by atoms with Gasteiger partial charge in [0.2, 0.25) is 6.79 Å². The van der Waals surface area contributed by atoms with Crippen LogP contribution in [0.1, 0.15) is 18.9 Å². The zero-order valence-electron chi connectivity index (χ0n) is 20.6. The second kappa shape index (κ2) is 12.1. The topological polar surface area (TPSA) is 137 Å². The molecule has 2 aromatic rings. The van der Waals surface area contributed by atoms with Crippen molar-refractivity contribution < 1.29 is 42.9 Å². The van der Waals surface area contributed by atoms with Gasteiger partial charge in [-0.05, 0) is 19.1 Å². The first kappa shape index (κ1) is 26.6. The van der Waals surface area contributed by atoms with E-state index in [4.69, 9.17) is 33.2 Å². The highest BCUT2D eigenvalue weighted by Gasteiger charge is 2.30. The summed E-state index contributed by atoms with van der Waals surface area (Å²) in [7, 11) is 5.82. The van der Waals surface area contributed by atoms with Crippen LogP contribution in [0.25, 0.3) is 5.70 Å². The summed E-state index contributed by atoms with van der Waals surface area (Å²) in [5, 5.41) is 15.2. The lowest BCUT2D eigenvalue weighted by Gasteiger charge is -2.21. The van der Waals surface area contributed by atoms with Gasteiger partial charge in [0.25, 0.3) is 5.69 Å². The highest BCUT2D eigenvalue weighted by atomic mass is 16.7. The standard InChI is InChI=1S/C24H28N2O10/c1-6-34-24(27)16(11-22(32-4)33-5)23(25-14-7-8-18(30-2)19(9-14)31-3)15-10-20-21(36-13-35-20)12-17(15)26(28)29/h7-10,12,22,25H,6,11,13H2,1-5H3/b23-16-. The number of methoxy groups -OCH3 is 4. The van der Waals surface area contributed by atoms with Crippen molar-refractivity contribution in [2.75, 3.05) is 47.2 Å². The van der Waals surface area contributed by atoms with Crippen LogP contribution in [-0.2, 0) is 19.0 Å². The molecule has 0 bridgehead atoms. The molecule has 0 saturated heterocycles. The Morgan fingerprint density at radius 2 is 1.72 bits per heavy atom. The van der Waals surface area contributed by atoms with Gasteiger partial charge in [-0.3, -0.25) is 10.1 Å². The monoisotopic (exact) mass is 504 g/mol. The van der Waals surface area contributed by atoms with Crippen LogP contribution in [0.15, 0.2) is 35.9 Å². The van der Waals surface area contributed by atoms with Gasteiger partial charge >= 0.3 is 5.97 Å². The van der Waals surface area contributed by atoms with Gasteiger partial charge in [-0.25, -0.2) is 4.79 Å². The number of carbonyl (C=O) groups excluding carboxylic acids is 1. The van der Waals surface area contributed by atoms with E-state index in [9.17, 15) is 14.9 Å². The van der Waals surface area contributed by atoms with Gasteiger partial charge in [0.1, 0.15) is 0 Å². The molecular formula is C24H28N2O10. The van der Waals surface area contributed by atoms with E-state index in [0.717, 1.165) is 0 Å². The second-order valence-corrected chi connectivity index (χ2v) is 7.35. The molecule has 12 nitrogen and oxygen atoms in total. The number of nitrogens with zero attached hydrogens (tertiary/aromatic N) is 1. The van der Waals surface area contributed by atoms with Gasteiger partial charge in [-0.1, -0.05) is 0 Å². The van der Waals surface area contributed by atoms with E-state index in [1.807, 2.05) is 0 Å². The molecule has 1 N–H and O–H groups in total. The predicted molar refractivity (Wildman–Crippen MR) is 128 cm³/mol. The Morgan fingerprint density at radius 3 is 2.31 bits per heavy atom. The summed E-state index contributed by atoms with van der Waals surface area (Å²) in [5.74, 6) is 0.700. The van der Waals surface area contributed by atoms with Crippen LogP contribution < -0.4 is 24.3 Å². The normalized spacial score (nSPS) is 12.7. The number of hydrogen-bond acceptors (Lipinski definition) is 11. The molecule has 0 aliphatic carbocycles. The maximum Gasteiger partial charge on any atom is 0.336 e. The molecule has 0 amide bonds. The molecule has 1 aliphatic rings. The zero-order chi connectivity index (χ0) is 26.2. The lowest BCUT2D eigenvalue weighted by molar-refractivity contribution is -0.385. The van der Waals surface area contributed by atoms with Crippen molar-refractivity contribution in [1.29, 1.82) is 0 Å². The molecule has 2 aromatic carbocycles.